The maximum atomic E-state index is 10.4. The van der Waals surface area contributed by atoms with Crippen LogP contribution in [0.5, 0.6) is 0 Å². The van der Waals surface area contributed by atoms with Crippen LogP contribution in [0.15, 0.2) is 42.6 Å². The van der Waals surface area contributed by atoms with Gasteiger partial charge >= 0.3 is 0 Å². The van der Waals surface area contributed by atoms with E-state index in [1.165, 1.54) is 5.56 Å². The van der Waals surface area contributed by atoms with E-state index in [9.17, 15) is 5.11 Å². The first-order valence-corrected chi connectivity index (χ1v) is 7.49. The molecule has 0 amide bonds. The number of piperidine rings is 1. The number of aryl methyl sites for hydroxylation is 1. The predicted octanol–water partition coefficient (Wildman–Crippen LogP) is 2.21. The number of aliphatic hydroxyl groups is 1. The number of aromatic nitrogens is 2. The zero-order chi connectivity index (χ0) is 14.7. The quantitative estimate of drug-likeness (QED) is 0.938. The normalized spacial score (nSPS) is 22.3. The van der Waals surface area contributed by atoms with Crippen molar-refractivity contribution in [1.82, 2.24) is 9.97 Å². The van der Waals surface area contributed by atoms with Crippen molar-refractivity contribution >= 4 is 5.82 Å². The minimum absolute atomic E-state index is 0.311. The average Bonchev–Trinajstić information content (AvgIpc) is 2.50. The largest absolute Gasteiger partial charge is 0.391 e. The summed E-state index contributed by atoms with van der Waals surface area (Å²) in [6.45, 7) is 3.47. The molecule has 2 heterocycles. The molecule has 110 valence electrons. The second-order valence-electron chi connectivity index (χ2n) is 5.71. The number of hydrogen-bond acceptors (Lipinski definition) is 4. The van der Waals surface area contributed by atoms with Gasteiger partial charge in [-0.05, 0) is 37.3 Å². The number of hydrogen-bond donors (Lipinski definition) is 1. The van der Waals surface area contributed by atoms with E-state index in [0.717, 1.165) is 31.0 Å². The topological polar surface area (TPSA) is 49.2 Å². The Labute approximate surface area is 125 Å². The molecule has 1 aliphatic rings. The molecule has 3 rings (SSSR count). The molecule has 1 N–H and O–H groups in total. The molecule has 0 unspecified atom stereocenters. The Kier molecular flexibility index (Phi) is 4.15. The lowest BCUT2D eigenvalue weighted by atomic mass is 9.88. The zero-order valence-electron chi connectivity index (χ0n) is 12.3. The molecule has 0 radical (unpaired) electrons. The fourth-order valence-electron chi connectivity index (χ4n) is 2.96. The van der Waals surface area contributed by atoms with Gasteiger partial charge in [0.1, 0.15) is 11.6 Å². The van der Waals surface area contributed by atoms with E-state index in [1.807, 2.05) is 19.1 Å². The molecule has 0 spiro atoms. The molecule has 2 aromatic rings. The molecule has 4 heteroatoms. The highest BCUT2D eigenvalue weighted by Gasteiger charge is 2.28. The number of aliphatic hydroxyl groups excluding tert-OH is 1. The summed E-state index contributed by atoms with van der Waals surface area (Å²) in [6, 6.07) is 12.3. The summed E-state index contributed by atoms with van der Waals surface area (Å²) >= 11 is 0. The van der Waals surface area contributed by atoms with E-state index in [-0.39, 0.29) is 6.10 Å². The lowest BCUT2D eigenvalue weighted by molar-refractivity contribution is 0.0927. The molecule has 2 atom stereocenters. The summed E-state index contributed by atoms with van der Waals surface area (Å²) in [5, 5.41) is 10.4. The van der Waals surface area contributed by atoms with E-state index < -0.39 is 0 Å². The zero-order valence-corrected chi connectivity index (χ0v) is 12.3. The smallest absolute Gasteiger partial charge is 0.132 e. The van der Waals surface area contributed by atoms with Crippen molar-refractivity contribution in [3.05, 3.63) is 54.0 Å². The van der Waals surface area contributed by atoms with Crippen LogP contribution in [0.4, 0.5) is 5.82 Å². The van der Waals surface area contributed by atoms with E-state index in [2.05, 4.69) is 39.1 Å². The third-order valence-electron chi connectivity index (χ3n) is 4.15. The third kappa shape index (κ3) is 3.39. The first kappa shape index (κ1) is 14.0. The first-order valence-electron chi connectivity index (χ1n) is 7.49. The van der Waals surface area contributed by atoms with Gasteiger partial charge in [-0.3, -0.25) is 0 Å². The second kappa shape index (κ2) is 6.22. The number of anilines is 1. The van der Waals surface area contributed by atoms with Gasteiger partial charge in [-0.2, -0.15) is 0 Å². The van der Waals surface area contributed by atoms with Crippen molar-refractivity contribution in [2.75, 3.05) is 18.0 Å². The van der Waals surface area contributed by atoms with Gasteiger partial charge in [-0.1, -0.05) is 30.3 Å². The maximum Gasteiger partial charge on any atom is 0.132 e. The summed E-state index contributed by atoms with van der Waals surface area (Å²) in [4.78, 5) is 10.7. The first-order chi connectivity index (χ1) is 10.2. The Morgan fingerprint density at radius 1 is 1.24 bits per heavy atom. The van der Waals surface area contributed by atoms with Crippen molar-refractivity contribution in [3.63, 3.8) is 0 Å². The van der Waals surface area contributed by atoms with Gasteiger partial charge in [0.15, 0.2) is 0 Å². The Morgan fingerprint density at radius 2 is 2.05 bits per heavy atom. The summed E-state index contributed by atoms with van der Waals surface area (Å²) in [7, 11) is 0. The molecule has 0 bridgehead atoms. The van der Waals surface area contributed by atoms with E-state index in [4.69, 9.17) is 0 Å². The predicted molar refractivity (Wildman–Crippen MR) is 83.2 cm³/mol. The molecule has 0 saturated carbocycles. The molecular weight excluding hydrogens is 262 g/mol. The average molecular weight is 283 g/mol. The van der Waals surface area contributed by atoms with E-state index in [0.29, 0.717) is 12.5 Å². The third-order valence-corrected chi connectivity index (χ3v) is 4.15. The summed E-state index contributed by atoms with van der Waals surface area (Å²) in [5.74, 6) is 2.01. The fraction of sp³-hybridized carbons (Fsp3) is 0.412. The SMILES string of the molecule is Cc1nccc(N2CC[C@H](Cc3ccccc3)[C@@H](O)C2)n1. The van der Waals surface area contributed by atoms with Crippen LogP contribution in [0.1, 0.15) is 17.8 Å². The lowest BCUT2D eigenvalue weighted by Gasteiger charge is -2.36. The van der Waals surface area contributed by atoms with Crippen LogP contribution in [0.2, 0.25) is 0 Å². The fourth-order valence-corrected chi connectivity index (χ4v) is 2.96. The van der Waals surface area contributed by atoms with Gasteiger partial charge in [0.25, 0.3) is 0 Å². The van der Waals surface area contributed by atoms with Crippen molar-refractivity contribution in [2.45, 2.75) is 25.9 Å². The number of rotatable bonds is 3. The van der Waals surface area contributed by atoms with Gasteiger partial charge in [-0.15, -0.1) is 0 Å². The van der Waals surface area contributed by atoms with Gasteiger partial charge in [0.05, 0.1) is 6.10 Å². The highest BCUT2D eigenvalue weighted by Crippen LogP contribution is 2.25. The van der Waals surface area contributed by atoms with Gasteiger partial charge in [0.2, 0.25) is 0 Å². The van der Waals surface area contributed by atoms with Crippen LogP contribution in [-0.4, -0.2) is 34.3 Å². The molecule has 1 fully saturated rings. The van der Waals surface area contributed by atoms with Gasteiger partial charge < -0.3 is 10.0 Å². The highest BCUT2D eigenvalue weighted by atomic mass is 16.3. The lowest BCUT2D eigenvalue weighted by Crippen LogP contribution is -2.45. The van der Waals surface area contributed by atoms with E-state index in [1.54, 1.807) is 6.20 Å². The van der Waals surface area contributed by atoms with Gasteiger partial charge in [-0.25, -0.2) is 9.97 Å². The summed E-state index contributed by atoms with van der Waals surface area (Å²) in [5.41, 5.74) is 1.30. The Morgan fingerprint density at radius 3 is 2.76 bits per heavy atom. The Balaban J connectivity index is 1.64. The van der Waals surface area contributed by atoms with Crippen molar-refractivity contribution in [1.29, 1.82) is 0 Å². The van der Waals surface area contributed by atoms with E-state index >= 15 is 0 Å². The Hall–Kier alpha value is -1.94. The standard InChI is InChI=1S/C17H21N3O/c1-13-18-9-7-17(19-13)20-10-8-15(16(21)12-20)11-14-5-3-2-4-6-14/h2-7,9,15-16,21H,8,10-12H2,1H3/t15-,16+/m1/s1. The van der Waals surface area contributed by atoms with Crippen molar-refractivity contribution in [2.24, 2.45) is 5.92 Å². The molecule has 1 aromatic carbocycles. The number of nitrogens with zero attached hydrogens (tertiary/aromatic N) is 3. The summed E-state index contributed by atoms with van der Waals surface area (Å²) in [6.07, 6.45) is 3.40. The summed E-state index contributed by atoms with van der Waals surface area (Å²) < 4.78 is 0. The van der Waals surface area contributed by atoms with Crippen molar-refractivity contribution < 1.29 is 5.11 Å². The highest BCUT2D eigenvalue weighted by molar-refractivity contribution is 5.38. The van der Waals surface area contributed by atoms with Crippen LogP contribution in [0.25, 0.3) is 0 Å². The second-order valence-corrected chi connectivity index (χ2v) is 5.71. The molecule has 1 saturated heterocycles. The van der Waals surface area contributed by atoms with Gasteiger partial charge in [0, 0.05) is 19.3 Å². The molecule has 1 aromatic heterocycles. The van der Waals surface area contributed by atoms with Crippen LogP contribution < -0.4 is 4.90 Å². The van der Waals surface area contributed by atoms with Crippen LogP contribution >= 0.6 is 0 Å². The monoisotopic (exact) mass is 283 g/mol. The molecule has 4 nitrogen and oxygen atoms in total. The molecule has 1 aliphatic heterocycles. The number of benzene rings is 1. The minimum atomic E-state index is -0.311. The van der Waals surface area contributed by atoms with Crippen LogP contribution in [0.3, 0.4) is 0 Å². The van der Waals surface area contributed by atoms with Crippen LogP contribution in [0, 0.1) is 12.8 Å². The van der Waals surface area contributed by atoms with Crippen molar-refractivity contribution in [3.8, 4) is 0 Å². The molecule has 0 aliphatic carbocycles. The molecule has 21 heavy (non-hydrogen) atoms. The Bertz CT molecular complexity index is 588. The molecular formula is C17H21N3O. The number of β-amino-alcohol motifs (C(OH)–C–C–N with tert-alkyl or cyclic N) is 1. The maximum absolute atomic E-state index is 10.4. The van der Waals surface area contributed by atoms with Crippen LogP contribution in [-0.2, 0) is 6.42 Å². The minimum Gasteiger partial charge on any atom is -0.391 e.